The van der Waals surface area contributed by atoms with Gasteiger partial charge in [-0.1, -0.05) is 18.2 Å². The average molecular weight is 265 g/mol. The standard InChI is InChI=1S/C12H11NO4S/c13-8-2-4-9-7(5-8)1-3-10-11(12(9)10)6-17-18(14,15)16/h1-5,11H,6,13H2,(H,14,15,16). The van der Waals surface area contributed by atoms with Gasteiger partial charge in [-0.2, -0.15) is 8.42 Å². The molecule has 2 aromatic rings. The van der Waals surface area contributed by atoms with Gasteiger partial charge in [-0.25, -0.2) is 4.18 Å². The molecule has 0 heterocycles. The van der Waals surface area contributed by atoms with Crippen LogP contribution in [0.25, 0.3) is 10.8 Å². The highest BCUT2D eigenvalue weighted by molar-refractivity contribution is 7.80. The first-order valence-electron chi connectivity index (χ1n) is 5.39. The summed E-state index contributed by atoms with van der Waals surface area (Å²) in [6.45, 7) is -0.0579. The van der Waals surface area contributed by atoms with Crippen molar-refractivity contribution in [1.82, 2.24) is 0 Å². The Hall–Kier alpha value is -1.63. The minimum absolute atomic E-state index is 0.0579. The maximum atomic E-state index is 10.5. The fourth-order valence-corrected chi connectivity index (χ4v) is 2.62. The topological polar surface area (TPSA) is 89.6 Å². The summed E-state index contributed by atoms with van der Waals surface area (Å²) in [4.78, 5) is 0. The quantitative estimate of drug-likeness (QED) is 0.651. The maximum Gasteiger partial charge on any atom is 0.397 e. The van der Waals surface area contributed by atoms with E-state index in [1.54, 1.807) is 0 Å². The van der Waals surface area contributed by atoms with Gasteiger partial charge in [0.15, 0.2) is 0 Å². The lowest BCUT2D eigenvalue weighted by molar-refractivity contribution is 0.269. The fourth-order valence-electron chi connectivity index (χ4n) is 2.31. The van der Waals surface area contributed by atoms with E-state index in [9.17, 15) is 8.42 Å². The van der Waals surface area contributed by atoms with Crippen molar-refractivity contribution in [2.45, 2.75) is 5.92 Å². The number of benzene rings is 2. The molecule has 0 aromatic heterocycles. The van der Waals surface area contributed by atoms with E-state index >= 15 is 0 Å². The first-order valence-corrected chi connectivity index (χ1v) is 6.76. The van der Waals surface area contributed by atoms with Crippen molar-refractivity contribution in [3.63, 3.8) is 0 Å². The second-order valence-corrected chi connectivity index (χ2v) is 5.41. The molecule has 6 heteroatoms. The van der Waals surface area contributed by atoms with Crippen molar-refractivity contribution in [3.8, 4) is 0 Å². The average Bonchev–Trinajstić information content (AvgIpc) is 2.98. The first kappa shape index (κ1) is 11.5. The summed E-state index contributed by atoms with van der Waals surface area (Å²) in [5.41, 5.74) is 8.51. The minimum Gasteiger partial charge on any atom is -0.399 e. The molecule has 3 rings (SSSR count). The van der Waals surface area contributed by atoms with Crippen LogP contribution in [0.4, 0.5) is 5.69 Å². The van der Waals surface area contributed by atoms with Gasteiger partial charge in [0.1, 0.15) is 0 Å². The van der Waals surface area contributed by atoms with E-state index in [1.807, 2.05) is 30.3 Å². The van der Waals surface area contributed by atoms with Gasteiger partial charge in [0, 0.05) is 11.6 Å². The van der Waals surface area contributed by atoms with E-state index in [0.29, 0.717) is 5.69 Å². The molecule has 0 fully saturated rings. The number of hydrogen-bond acceptors (Lipinski definition) is 4. The number of hydrogen-bond donors (Lipinski definition) is 2. The molecule has 0 aliphatic heterocycles. The Kier molecular flexibility index (Phi) is 2.34. The molecule has 0 spiro atoms. The monoisotopic (exact) mass is 265 g/mol. The van der Waals surface area contributed by atoms with Crippen LogP contribution in [0.15, 0.2) is 30.3 Å². The molecule has 0 bridgehead atoms. The maximum absolute atomic E-state index is 10.5. The number of nitrogens with two attached hydrogens (primary N) is 1. The van der Waals surface area contributed by atoms with Crippen molar-refractivity contribution in [2.75, 3.05) is 12.3 Å². The van der Waals surface area contributed by atoms with Crippen LogP contribution in [-0.4, -0.2) is 19.6 Å². The minimum atomic E-state index is -4.38. The second-order valence-electron chi connectivity index (χ2n) is 4.31. The number of anilines is 1. The molecule has 18 heavy (non-hydrogen) atoms. The fraction of sp³-hybridized carbons (Fsp3) is 0.167. The van der Waals surface area contributed by atoms with Gasteiger partial charge in [-0.15, -0.1) is 0 Å². The van der Waals surface area contributed by atoms with Gasteiger partial charge in [-0.05, 0) is 34.0 Å². The Labute approximate surface area is 104 Å². The molecule has 1 unspecified atom stereocenters. The lowest BCUT2D eigenvalue weighted by Gasteiger charge is -1.98. The van der Waals surface area contributed by atoms with Gasteiger partial charge in [0.2, 0.25) is 0 Å². The summed E-state index contributed by atoms with van der Waals surface area (Å²) in [5, 5.41) is 2.06. The third-order valence-electron chi connectivity index (χ3n) is 3.14. The van der Waals surface area contributed by atoms with Crippen LogP contribution >= 0.6 is 0 Å². The number of fused-ring (bicyclic) bond motifs is 3. The molecule has 1 atom stereocenters. The smallest absolute Gasteiger partial charge is 0.397 e. The van der Waals surface area contributed by atoms with E-state index in [0.717, 1.165) is 21.9 Å². The molecule has 0 saturated carbocycles. The molecule has 5 nitrogen and oxygen atoms in total. The van der Waals surface area contributed by atoms with E-state index in [-0.39, 0.29) is 12.5 Å². The van der Waals surface area contributed by atoms with Crippen LogP contribution in [0.1, 0.15) is 17.0 Å². The normalized spacial score (nSPS) is 17.7. The van der Waals surface area contributed by atoms with Crippen molar-refractivity contribution in [2.24, 2.45) is 0 Å². The lowest BCUT2D eigenvalue weighted by atomic mass is 10.1. The van der Waals surface area contributed by atoms with Crippen LogP contribution in [0.2, 0.25) is 0 Å². The molecule has 3 N–H and O–H groups in total. The Morgan fingerprint density at radius 3 is 2.78 bits per heavy atom. The molecule has 1 aliphatic carbocycles. The van der Waals surface area contributed by atoms with Crippen molar-refractivity contribution >= 4 is 26.9 Å². The predicted molar refractivity (Wildman–Crippen MR) is 67.7 cm³/mol. The lowest BCUT2D eigenvalue weighted by Crippen LogP contribution is -2.05. The third-order valence-corrected chi connectivity index (χ3v) is 3.58. The predicted octanol–water partition coefficient (Wildman–Crippen LogP) is 1.69. The zero-order valence-electron chi connectivity index (χ0n) is 9.33. The highest BCUT2D eigenvalue weighted by Crippen LogP contribution is 2.48. The Bertz CT molecular complexity index is 739. The Morgan fingerprint density at radius 2 is 2.06 bits per heavy atom. The molecule has 2 aromatic carbocycles. The molecule has 1 aliphatic rings. The van der Waals surface area contributed by atoms with Crippen molar-refractivity contribution < 1.29 is 17.2 Å². The molecule has 94 valence electrons. The second kappa shape index (κ2) is 3.68. The molecule has 0 radical (unpaired) electrons. The van der Waals surface area contributed by atoms with Gasteiger partial charge in [0.25, 0.3) is 0 Å². The molecule has 0 saturated heterocycles. The summed E-state index contributed by atoms with van der Waals surface area (Å²) in [5.74, 6) is -0.0620. The van der Waals surface area contributed by atoms with Crippen molar-refractivity contribution in [3.05, 3.63) is 41.5 Å². The zero-order valence-corrected chi connectivity index (χ0v) is 10.1. The van der Waals surface area contributed by atoms with E-state index in [4.69, 9.17) is 10.3 Å². The van der Waals surface area contributed by atoms with Crippen LogP contribution in [0.5, 0.6) is 0 Å². The van der Waals surface area contributed by atoms with E-state index < -0.39 is 10.4 Å². The first-order chi connectivity index (χ1) is 8.46. The Morgan fingerprint density at radius 1 is 1.28 bits per heavy atom. The van der Waals surface area contributed by atoms with Crippen LogP contribution in [0, 0.1) is 0 Å². The summed E-state index contributed by atoms with van der Waals surface area (Å²) in [6, 6.07) is 9.46. The zero-order chi connectivity index (χ0) is 12.9. The van der Waals surface area contributed by atoms with E-state index in [1.165, 1.54) is 0 Å². The summed E-state index contributed by atoms with van der Waals surface area (Å²) < 4.78 is 34.0. The van der Waals surface area contributed by atoms with Gasteiger partial charge in [0.05, 0.1) is 6.61 Å². The van der Waals surface area contributed by atoms with Gasteiger partial charge < -0.3 is 5.73 Å². The highest BCUT2D eigenvalue weighted by Gasteiger charge is 2.35. The van der Waals surface area contributed by atoms with Crippen molar-refractivity contribution in [1.29, 1.82) is 0 Å². The van der Waals surface area contributed by atoms with Gasteiger partial charge in [-0.3, -0.25) is 4.55 Å². The summed E-state index contributed by atoms with van der Waals surface area (Å²) >= 11 is 0. The molecule has 0 amide bonds. The summed E-state index contributed by atoms with van der Waals surface area (Å²) in [7, 11) is -4.38. The molecular weight excluding hydrogens is 254 g/mol. The van der Waals surface area contributed by atoms with Crippen LogP contribution in [0.3, 0.4) is 0 Å². The Balaban J connectivity index is 1.92. The molecular formula is C12H11NO4S. The van der Waals surface area contributed by atoms with Gasteiger partial charge >= 0.3 is 10.4 Å². The SMILES string of the molecule is Nc1ccc2c3c(ccc2c1)C3COS(=O)(=O)O. The highest BCUT2D eigenvalue weighted by atomic mass is 32.3. The van der Waals surface area contributed by atoms with E-state index in [2.05, 4.69) is 4.18 Å². The number of nitrogen functional groups attached to an aromatic ring is 1. The third kappa shape index (κ3) is 1.94. The van der Waals surface area contributed by atoms with Crippen LogP contribution in [-0.2, 0) is 14.6 Å². The number of rotatable bonds is 3. The largest absolute Gasteiger partial charge is 0.399 e. The summed E-state index contributed by atoms with van der Waals surface area (Å²) in [6.07, 6.45) is 0. The van der Waals surface area contributed by atoms with Crippen LogP contribution < -0.4 is 5.73 Å².